The molecule has 2 heterocycles. The normalized spacial score (nSPS) is 17.3. The largest absolute Gasteiger partial charge is 0.497 e. The third kappa shape index (κ3) is 3.36. The summed E-state index contributed by atoms with van der Waals surface area (Å²) in [4.78, 5) is 26.1. The second kappa shape index (κ2) is 6.56. The lowest BCUT2D eigenvalue weighted by Gasteiger charge is -2.23. The summed E-state index contributed by atoms with van der Waals surface area (Å²) in [6, 6.07) is 10.2. The van der Waals surface area contributed by atoms with Gasteiger partial charge < -0.3 is 19.4 Å². The van der Waals surface area contributed by atoms with Gasteiger partial charge in [0.2, 0.25) is 11.8 Å². The number of methoxy groups -OCH3 is 1. The first-order valence-electron chi connectivity index (χ1n) is 7.44. The summed E-state index contributed by atoms with van der Waals surface area (Å²) in [5, 5.41) is 2.85. The smallest absolute Gasteiger partial charge is 0.247 e. The molecular weight excluding hydrogens is 296 g/mol. The average molecular weight is 314 g/mol. The van der Waals surface area contributed by atoms with Crippen molar-refractivity contribution in [1.29, 1.82) is 0 Å². The van der Waals surface area contributed by atoms with E-state index in [0.29, 0.717) is 30.8 Å². The summed E-state index contributed by atoms with van der Waals surface area (Å²) in [5.41, 5.74) is 0.674. The van der Waals surface area contributed by atoms with E-state index in [4.69, 9.17) is 9.15 Å². The Morgan fingerprint density at radius 2 is 2.13 bits per heavy atom. The van der Waals surface area contributed by atoms with Crippen LogP contribution in [0.1, 0.15) is 18.6 Å². The van der Waals surface area contributed by atoms with Crippen molar-refractivity contribution in [1.82, 2.24) is 4.90 Å². The predicted molar refractivity (Wildman–Crippen MR) is 83.9 cm³/mol. The van der Waals surface area contributed by atoms with E-state index in [9.17, 15) is 9.59 Å². The monoisotopic (exact) mass is 314 g/mol. The number of benzene rings is 1. The van der Waals surface area contributed by atoms with Crippen molar-refractivity contribution in [3.63, 3.8) is 0 Å². The zero-order chi connectivity index (χ0) is 16.2. The number of carbonyl (C=O) groups is 2. The quantitative estimate of drug-likeness (QED) is 0.920. The van der Waals surface area contributed by atoms with Gasteiger partial charge in [-0.1, -0.05) is 0 Å². The van der Waals surface area contributed by atoms with Gasteiger partial charge in [0.1, 0.15) is 17.6 Å². The van der Waals surface area contributed by atoms with Crippen LogP contribution in [0.3, 0.4) is 0 Å². The number of rotatable bonds is 5. The fraction of sp³-hybridized carbons (Fsp3) is 0.294. The summed E-state index contributed by atoms with van der Waals surface area (Å²) < 4.78 is 10.4. The fourth-order valence-corrected chi connectivity index (χ4v) is 2.67. The van der Waals surface area contributed by atoms with E-state index in [1.165, 1.54) is 0 Å². The van der Waals surface area contributed by atoms with Crippen molar-refractivity contribution in [3.05, 3.63) is 48.4 Å². The molecule has 0 aliphatic carbocycles. The number of anilines is 1. The Kier molecular flexibility index (Phi) is 4.32. The molecule has 6 heteroatoms. The summed E-state index contributed by atoms with van der Waals surface area (Å²) in [6.07, 6.45) is 2.45. The highest BCUT2D eigenvalue weighted by molar-refractivity contribution is 5.99. The van der Waals surface area contributed by atoms with Crippen LogP contribution in [0.2, 0.25) is 0 Å². The summed E-state index contributed by atoms with van der Waals surface area (Å²) in [6.45, 7) is 0.312. The Bertz CT molecular complexity index is 679. The number of amides is 2. The van der Waals surface area contributed by atoms with Gasteiger partial charge in [-0.25, -0.2) is 0 Å². The molecule has 0 saturated carbocycles. The maximum absolute atomic E-state index is 12.5. The lowest BCUT2D eigenvalue weighted by molar-refractivity contribution is -0.134. The summed E-state index contributed by atoms with van der Waals surface area (Å²) in [5.74, 6) is 1.17. The van der Waals surface area contributed by atoms with Crippen LogP contribution in [0.5, 0.6) is 5.75 Å². The van der Waals surface area contributed by atoms with Crippen LogP contribution in [-0.4, -0.2) is 29.9 Å². The molecule has 1 unspecified atom stereocenters. The van der Waals surface area contributed by atoms with Crippen LogP contribution in [0.15, 0.2) is 47.1 Å². The van der Waals surface area contributed by atoms with Gasteiger partial charge in [0.15, 0.2) is 0 Å². The molecule has 6 nitrogen and oxygen atoms in total. The zero-order valence-electron chi connectivity index (χ0n) is 12.8. The van der Waals surface area contributed by atoms with Gasteiger partial charge in [-0.15, -0.1) is 0 Å². The molecule has 1 aromatic carbocycles. The number of hydrogen-bond acceptors (Lipinski definition) is 4. The van der Waals surface area contributed by atoms with Gasteiger partial charge in [-0.2, -0.15) is 0 Å². The topological polar surface area (TPSA) is 71.8 Å². The molecule has 1 N–H and O–H groups in total. The second-order valence-electron chi connectivity index (χ2n) is 5.37. The van der Waals surface area contributed by atoms with Gasteiger partial charge in [-0.05, 0) is 42.8 Å². The predicted octanol–water partition coefficient (Wildman–Crippen LogP) is 2.42. The van der Waals surface area contributed by atoms with Crippen molar-refractivity contribution in [3.8, 4) is 5.75 Å². The Morgan fingerprint density at radius 1 is 1.35 bits per heavy atom. The minimum Gasteiger partial charge on any atom is -0.497 e. The SMILES string of the molecule is COc1ccc(NC(=O)C2CCC(=O)N2Cc2ccco2)cc1. The van der Waals surface area contributed by atoms with Crippen LogP contribution >= 0.6 is 0 Å². The lowest BCUT2D eigenvalue weighted by Crippen LogP contribution is -2.41. The molecule has 1 atom stereocenters. The molecule has 2 amide bonds. The highest BCUT2D eigenvalue weighted by Gasteiger charge is 2.36. The van der Waals surface area contributed by atoms with E-state index in [1.807, 2.05) is 0 Å². The van der Waals surface area contributed by atoms with Crippen LogP contribution in [0.4, 0.5) is 5.69 Å². The number of ether oxygens (including phenoxy) is 1. The minimum atomic E-state index is -0.477. The van der Waals surface area contributed by atoms with E-state index in [1.54, 1.807) is 54.7 Å². The van der Waals surface area contributed by atoms with Gasteiger partial charge in [0.25, 0.3) is 0 Å². The number of furan rings is 1. The molecule has 23 heavy (non-hydrogen) atoms. The van der Waals surface area contributed by atoms with Crippen LogP contribution in [0.25, 0.3) is 0 Å². The third-order valence-corrected chi connectivity index (χ3v) is 3.89. The van der Waals surface area contributed by atoms with Gasteiger partial charge >= 0.3 is 0 Å². The van der Waals surface area contributed by atoms with Gasteiger partial charge in [0, 0.05) is 12.1 Å². The van der Waals surface area contributed by atoms with E-state index >= 15 is 0 Å². The molecule has 1 saturated heterocycles. The Hall–Kier alpha value is -2.76. The zero-order valence-corrected chi connectivity index (χ0v) is 12.8. The van der Waals surface area contributed by atoms with E-state index < -0.39 is 6.04 Å². The first-order valence-corrected chi connectivity index (χ1v) is 7.44. The number of hydrogen-bond donors (Lipinski definition) is 1. The molecule has 1 aliphatic heterocycles. The van der Waals surface area contributed by atoms with Crippen LogP contribution < -0.4 is 10.1 Å². The lowest BCUT2D eigenvalue weighted by atomic mass is 10.2. The van der Waals surface area contributed by atoms with E-state index in [0.717, 1.165) is 5.75 Å². The summed E-state index contributed by atoms with van der Waals surface area (Å²) in [7, 11) is 1.59. The number of likely N-dealkylation sites (tertiary alicyclic amines) is 1. The van der Waals surface area contributed by atoms with E-state index in [-0.39, 0.29) is 11.8 Å². The van der Waals surface area contributed by atoms with Crippen molar-refractivity contribution in [2.24, 2.45) is 0 Å². The van der Waals surface area contributed by atoms with Crippen molar-refractivity contribution in [2.45, 2.75) is 25.4 Å². The Balaban J connectivity index is 1.68. The van der Waals surface area contributed by atoms with Crippen LogP contribution in [-0.2, 0) is 16.1 Å². The number of nitrogens with zero attached hydrogens (tertiary/aromatic N) is 1. The fourth-order valence-electron chi connectivity index (χ4n) is 2.67. The standard InChI is InChI=1S/C17H18N2O4/c1-22-13-6-4-12(5-7-13)18-17(21)15-8-9-16(20)19(15)11-14-3-2-10-23-14/h2-7,10,15H,8-9,11H2,1H3,(H,18,21). The third-order valence-electron chi connectivity index (χ3n) is 3.89. The summed E-state index contributed by atoms with van der Waals surface area (Å²) >= 11 is 0. The van der Waals surface area contributed by atoms with Crippen molar-refractivity contribution >= 4 is 17.5 Å². The Morgan fingerprint density at radius 3 is 2.78 bits per heavy atom. The number of carbonyl (C=O) groups excluding carboxylic acids is 2. The molecule has 1 aromatic heterocycles. The molecule has 2 aromatic rings. The van der Waals surface area contributed by atoms with Gasteiger partial charge in [0.05, 0.1) is 19.9 Å². The second-order valence-corrected chi connectivity index (χ2v) is 5.37. The van der Waals surface area contributed by atoms with Crippen LogP contribution in [0, 0.1) is 0 Å². The molecule has 1 fully saturated rings. The molecule has 3 rings (SSSR count). The number of nitrogens with one attached hydrogen (secondary N) is 1. The Labute approximate surface area is 134 Å². The first kappa shape index (κ1) is 15.1. The molecule has 120 valence electrons. The first-order chi connectivity index (χ1) is 11.2. The van der Waals surface area contributed by atoms with Crippen molar-refractivity contribution in [2.75, 3.05) is 12.4 Å². The maximum Gasteiger partial charge on any atom is 0.247 e. The van der Waals surface area contributed by atoms with Crippen molar-refractivity contribution < 1.29 is 18.7 Å². The minimum absolute atomic E-state index is 0.0312. The molecular formula is C17H18N2O4. The highest BCUT2D eigenvalue weighted by Crippen LogP contribution is 2.23. The molecule has 1 aliphatic rings. The molecule has 0 spiro atoms. The highest BCUT2D eigenvalue weighted by atomic mass is 16.5. The molecule has 0 bridgehead atoms. The van der Waals surface area contributed by atoms with E-state index in [2.05, 4.69) is 5.32 Å². The maximum atomic E-state index is 12.5. The average Bonchev–Trinajstić information content (AvgIpc) is 3.19. The van der Waals surface area contributed by atoms with Gasteiger partial charge in [-0.3, -0.25) is 9.59 Å². The molecule has 0 radical (unpaired) electrons.